The predicted octanol–water partition coefficient (Wildman–Crippen LogP) is 3.58. The van der Waals surface area contributed by atoms with Crippen LogP contribution in [0.3, 0.4) is 0 Å². The zero-order valence-corrected chi connectivity index (χ0v) is 13.3. The van der Waals surface area contributed by atoms with Gasteiger partial charge in [0.05, 0.1) is 0 Å². The summed E-state index contributed by atoms with van der Waals surface area (Å²) in [5.41, 5.74) is 9.17. The van der Waals surface area contributed by atoms with Gasteiger partial charge < -0.3 is 10.6 Å². The SMILES string of the molecule is CCC1CCC(N)C(CN(C)Cc2ccccc2C)C1. The number of nitrogens with zero attached hydrogens (tertiary/aromatic N) is 1. The molecule has 0 bridgehead atoms. The summed E-state index contributed by atoms with van der Waals surface area (Å²) in [4.78, 5) is 2.45. The minimum absolute atomic E-state index is 0.400. The standard InChI is InChI=1S/C18H30N2/c1-4-15-9-10-18(19)17(11-15)13-20(3)12-16-8-6-5-7-14(16)2/h5-8,15,17-18H,4,9-13,19H2,1-3H3. The van der Waals surface area contributed by atoms with Gasteiger partial charge >= 0.3 is 0 Å². The van der Waals surface area contributed by atoms with Gasteiger partial charge in [-0.05, 0) is 56.2 Å². The van der Waals surface area contributed by atoms with Crippen LogP contribution in [0.25, 0.3) is 0 Å². The lowest BCUT2D eigenvalue weighted by Gasteiger charge is -2.36. The Morgan fingerprint density at radius 2 is 2.00 bits per heavy atom. The summed E-state index contributed by atoms with van der Waals surface area (Å²) < 4.78 is 0. The van der Waals surface area contributed by atoms with Crippen LogP contribution in [0, 0.1) is 18.8 Å². The van der Waals surface area contributed by atoms with Crippen LogP contribution < -0.4 is 5.73 Å². The summed E-state index contributed by atoms with van der Waals surface area (Å²) in [6.45, 7) is 6.68. The van der Waals surface area contributed by atoms with Gasteiger partial charge in [-0.25, -0.2) is 0 Å². The Hall–Kier alpha value is -0.860. The van der Waals surface area contributed by atoms with Gasteiger partial charge in [0, 0.05) is 19.1 Å². The van der Waals surface area contributed by atoms with Crippen LogP contribution in [0.5, 0.6) is 0 Å². The third kappa shape index (κ3) is 4.07. The lowest BCUT2D eigenvalue weighted by Crippen LogP contribution is -2.42. The zero-order chi connectivity index (χ0) is 14.5. The first-order valence-corrected chi connectivity index (χ1v) is 8.08. The predicted molar refractivity (Wildman–Crippen MR) is 86.6 cm³/mol. The van der Waals surface area contributed by atoms with E-state index in [1.54, 1.807) is 0 Å². The highest BCUT2D eigenvalue weighted by atomic mass is 15.1. The van der Waals surface area contributed by atoms with E-state index < -0.39 is 0 Å². The molecule has 1 aromatic carbocycles. The summed E-state index contributed by atoms with van der Waals surface area (Å²) in [6.07, 6.45) is 5.16. The number of benzene rings is 1. The first-order chi connectivity index (χ1) is 9.60. The maximum absolute atomic E-state index is 6.34. The largest absolute Gasteiger partial charge is 0.327 e. The average Bonchev–Trinajstić information content (AvgIpc) is 2.44. The molecule has 2 N–H and O–H groups in total. The molecular formula is C18H30N2. The molecule has 2 rings (SSSR count). The van der Waals surface area contributed by atoms with Gasteiger partial charge in [0.1, 0.15) is 0 Å². The van der Waals surface area contributed by atoms with Crippen molar-refractivity contribution in [3.8, 4) is 0 Å². The fraction of sp³-hybridized carbons (Fsp3) is 0.667. The second-order valence-electron chi connectivity index (χ2n) is 6.63. The zero-order valence-electron chi connectivity index (χ0n) is 13.3. The fourth-order valence-electron chi connectivity index (χ4n) is 3.51. The van der Waals surface area contributed by atoms with E-state index in [9.17, 15) is 0 Å². The Labute approximate surface area is 124 Å². The average molecular weight is 274 g/mol. The van der Waals surface area contributed by atoms with E-state index in [2.05, 4.69) is 50.1 Å². The van der Waals surface area contributed by atoms with Crippen LogP contribution >= 0.6 is 0 Å². The van der Waals surface area contributed by atoms with Crippen molar-refractivity contribution in [3.63, 3.8) is 0 Å². The summed E-state index contributed by atoms with van der Waals surface area (Å²) in [5.74, 6) is 1.56. The number of aryl methyl sites for hydroxylation is 1. The quantitative estimate of drug-likeness (QED) is 0.889. The van der Waals surface area contributed by atoms with Crippen LogP contribution in [-0.4, -0.2) is 24.5 Å². The monoisotopic (exact) mass is 274 g/mol. The summed E-state index contributed by atoms with van der Waals surface area (Å²) >= 11 is 0. The number of rotatable bonds is 5. The molecule has 0 amide bonds. The van der Waals surface area contributed by atoms with Crippen molar-refractivity contribution in [2.75, 3.05) is 13.6 Å². The lowest BCUT2D eigenvalue weighted by atomic mass is 9.77. The highest BCUT2D eigenvalue weighted by Gasteiger charge is 2.28. The van der Waals surface area contributed by atoms with Gasteiger partial charge in [0.2, 0.25) is 0 Å². The molecule has 0 radical (unpaired) electrons. The van der Waals surface area contributed by atoms with E-state index in [-0.39, 0.29) is 0 Å². The van der Waals surface area contributed by atoms with Crippen molar-refractivity contribution in [2.24, 2.45) is 17.6 Å². The summed E-state index contributed by atoms with van der Waals surface area (Å²) in [7, 11) is 2.23. The van der Waals surface area contributed by atoms with Gasteiger partial charge in [-0.2, -0.15) is 0 Å². The maximum atomic E-state index is 6.34. The van der Waals surface area contributed by atoms with Gasteiger partial charge in [-0.1, -0.05) is 37.6 Å². The van der Waals surface area contributed by atoms with E-state index in [0.29, 0.717) is 12.0 Å². The van der Waals surface area contributed by atoms with Crippen LogP contribution in [0.4, 0.5) is 0 Å². The van der Waals surface area contributed by atoms with Crippen LogP contribution in [0.15, 0.2) is 24.3 Å². The number of hydrogen-bond acceptors (Lipinski definition) is 2. The van der Waals surface area contributed by atoms with Crippen molar-refractivity contribution >= 4 is 0 Å². The first-order valence-electron chi connectivity index (χ1n) is 8.08. The molecule has 1 aromatic rings. The normalized spacial score (nSPS) is 26.9. The summed E-state index contributed by atoms with van der Waals surface area (Å²) in [6, 6.07) is 9.08. The lowest BCUT2D eigenvalue weighted by molar-refractivity contribution is 0.168. The molecule has 3 unspecified atom stereocenters. The van der Waals surface area contributed by atoms with Crippen molar-refractivity contribution < 1.29 is 0 Å². The molecule has 1 saturated carbocycles. The van der Waals surface area contributed by atoms with Crippen LogP contribution in [0.2, 0.25) is 0 Å². The first kappa shape index (κ1) is 15.5. The molecular weight excluding hydrogens is 244 g/mol. The molecule has 2 heteroatoms. The Kier molecular flexibility index (Phi) is 5.62. The Morgan fingerprint density at radius 3 is 2.70 bits per heavy atom. The molecule has 112 valence electrons. The molecule has 1 aliphatic rings. The van der Waals surface area contributed by atoms with E-state index in [0.717, 1.165) is 19.0 Å². The van der Waals surface area contributed by atoms with Crippen molar-refractivity contribution in [3.05, 3.63) is 35.4 Å². The van der Waals surface area contributed by atoms with Crippen molar-refractivity contribution in [1.29, 1.82) is 0 Å². The minimum Gasteiger partial charge on any atom is -0.327 e. The highest BCUT2D eigenvalue weighted by molar-refractivity contribution is 5.25. The van der Waals surface area contributed by atoms with Crippen molar-refractivity contribution in [2.45, 2.75) is 52.1 Å². The Bertz CT molecular complexity index is 416. The van der Waals surface area contributed by atoms with E-state index in [1.807, 2.05) is 0 Å². The van der Waals surface area contributed by atoms with Crippen LogP contribution in [-0.2, 0) is 6.54 Å². The molecule has 0 saturated heterocycles. The highest BCUT2D eigenvalue weighted by Crippen LogP contribution is 2.31. The molecule has 20 heavy (non-hydrogen) atoms. The third-order valence-electron chi connectivity index (χ3n) is 4.97. The Morgan fingerprint density at radius 1 is 1.25 bits per heavy atom. The van der Waals surface area contributed by atoms with E-state index >= 15 is 0 Å². The Balaban J connectivity index is 1.90. The van der Waals surface area contributed by atoms with Gasteiger partial charge in [-0.3, -0.25) is 0 Å². The molecule has 1 aliphatic carbocycles. The summed E-state index contributed by atoms with van der Waals surface area (Å²) in [5, 5.41) is 0. The van der Waals surface area contributed by atoms with Gasteiger partial charge in [0.15, 0.2) is 0 Å². The second-order valence-corrected chi connectivity index (χ2v) is 6.63. The molecule has 1 fully saturated rings. The molecule has 0 aliphatic heterocycles. The topological polar surface area (TPSA) is 29.3 Å². The van der Waals surface area contributed by atoms with E-state index in [1.165, 1.54) is 36.8 Å². The molecule has 3 atom stereocenters. The molecule has 2 nitrogen and oxygen atoms in total. The maximum Gasteiger partial charge on any atom is 0.0233 e. The molecule has 0 spiro atoms. The molecule has 0 heterocycles. The van der Waals surface area contributed by atoms with E-state index in [4.69, 9.17) is 5.73 Å². The molecule has 0 aromatic heterocycles. The van der Waals surface area contributed by atoms with Gasteiger partial charge in [0.25, 0.3) is 0 Å². The van der Waals surface area contributed by atoms with Crippen molar-refractivity contribution in [1.82, 2.24) is 4.90 Å². The number of nitrogens with two attached hydrogens (primary N) is 1. The smallest absolute Gasteiger partial charge is 0.0233 e. The second kappa shape index (κ2) is 7.24. The minimum atomic E-state index is 0.400. The third-order valence-corrected chi connectivity index (χ3v) is 4.97. The van der Waals surface area contributed by atoms with Crippen LogP contribution in [0.1, 0.15) is 43.7 Å². The number of hydrogen-bond donors (Lipinski definition) is 1. The fourth-order valence-corrected chi connectivity index (χ4v) is 3.51. The van der Waals surface area contributed by atoms with Gasteiger partial charge in [-0.15, -0.1) is 0 Å².